The molecule has 4 atom stereocenters. The summed E-state index contributed by atoms with van der Waals surface area (Å²) in [6.07, 6.45) is 3.81. The fourth-order valence-corrected chi connectivity index (χ4v) is 13.4. The number of amides is 3. The van der Waals surface area contributed by atoms with Crippen LogP contribution in [0.5, 0.6) is 5.75 Å². The summed E-state index contributed by atoms with van der Waals surface area (Å²) in [7, 11) is -3.02. The lowest BCUT2D eigenvalue weighted by Gasteiger charge is -2.46. The lowest BCUT2D eigenvalue weighted by atomic mass is 9.58. The summed E-state index contributed by atoms with van der Waals surface area (Å²) in [5, 5.41) is 23.2. The van der Waals surface area contributed by atoms with Crippen molar-refractivity contribution in [1.82, 2.24) is 4.90 Å². The third kappa shape index (κ3) is 7.58. The molecule has 2 heterocycles. The van der Waals surface area contributed by atoms with E-state index in [1.54, 1.807) is 12.1 Å². The minimum atomic E-state index is -3.01. The van der Waals surface area contributed by atoms with Crippen LogP contribution in [0.1, 0.15) is 65.4 Å². The highest BCUT2D eigenvalue weighted by atomic mass is 28.4. The Hall–Kier alpha value is -4.29. The summed E-state index contributed by atoms with van der Waals surface area (Å²) in [5.74, 6) is -3.13. The molecule has 0 saturated carbocycles. The maximum absolute atomic E-state index is 13.9. The number of carbonyl (C=O) groups is 3. The van der Waals surface area contributed by atoms with Gasteiger partial charge in [0.25, 0.3) is 8.32 Å². The van der Waals surface area contributed by atoms with Crippen LogP contribution in [-0.4, -0.2) is 68.2 Å². The minimum absolute atomic E-state index is 0.116. The van der Waals surface area contributed by atoms with Crippen LogP contribution in [-0.2, 0) is 23.4 Å². The molecule has 11 heteroatoms. The Labute approximate surface area is 313 Å². The van der Waals surface area contributed by atoms with E-state index in [0.29, 0.717) is 17.7 Å². The normalized spacial score (nSPS) is 22.2. The van der Waals surface area contributed by atoms with Gasteiger partial charge in [0.1, 0.15) is 5.75 Å². The van der Waals surface area contributed by atoms with Gasteiger partial charge in [0.2, 0.25) is 11.8 Å². The summed E-state index contributed by atoms with van der Waals surface area (Å²) < 4.78 is 18.6. The number of hydrogen-bond acceptors (Lipinski definition) is 8. The largest absolute Gasteiger partial charge is 0.508 e. The second-order valence-electron chi connectivity index (χ2n) is 15.4. The van der Waals surface area contributed by atoms with Crippen molar-refractivity contribution in [2.24, 2.45) is 17.8 Å². The molecule has 6 rings (SSSR count). The zero-order valence-corrected chi connectivity index (χ0v) is 32.3. The number of nitrogens with zero attached hydrogens (tertiary/aromatic N) is 1. The Bertz CT molecular complexity index is 1830. The molecule has 3 aromatic rings. The minimum Gasteiger partial charge on any atom is -0.508 e. The second-order valence-corrected chi connectivity index (χ2v) is 19.7. The molecule has 2 saturated heterocycles. The van der Waals surface area contributed by atoms with E-state index in [9.17, 15) is 24.5 Å². The molecule has 0 unspecified atom stereocenters. The number of imide groups is 3. The standard InChI is InChI=1S/C42H50BNO8Si/c1-6-14-28(23-29-15-13-16-31(45)24-29)21-22-36-37-30(25-34-38(35(37)26-43(49)52-36)40(47)44(39(34)46)41(48)50-5)27-51-53(42(2,3)4,32-17-9-7-10-18-32)33-19-11-8-12-20-33/h7-13,15-20,23-24,34-36,38,45,49H,6,14,21-22,25-27H2,1-5H3/b28-23+/t34-,35+,36-,38-/m1/s1. The zero-order valence-electron chi connectivity index (χ0n) is 31.3. The third-order valence-corrected chi connectivity index (χ3v) is 16.1. The number of benzene rings is 3. The summed E-state index contributed by atoms with van der Waals surface area (Å²) >= 11 is 0. The molecule has 3 amide bonds. The molecular formula is C42H50BNO8Si. The molecule has 2 aliphatic heterocycles. The molecule has 3 aliphatic rings. The van der Waals surface area contributed by atoms with Gasteiger partial charge in [-0.05, 0) is 82.2 Å². The molecule has 0 radical (unpaired) electrons. The summed E-state index contributed by atoms with van der Waals surface area (Å²) in [6.45, 7) is 8.94. The van der Waals surface area contributed by atoms with Crippen molar-refractivity contribution >= 4 is 49.8 Å². The number of likely N-dealkylation sites (tertiary alicyclic amines) is 1. The van der Waals surface area contributed by atoms with E-state index in [1.165, 1.54) is 5.57 Å². The van der Waals surface area contributed by atoms with Gasteiger partial charge in [0, 0.05) is 0 Å². The number of aromatic hydroxyl groups is 1. The van der Waals surface area contributed by atoms with Crippen LogP contribution in [0.3, 0.4) is 0 Å². The molecule has 0 bridgehead atoms. The molecule has 2 N–H and O–H groups in total. The van der Waals surface area contributed by atoms with E-state index < -0.39 is 57.2 Å². The van der Waals surface area contributed by atoms with E-state index in [2.05, 4.69) is 58.0 Å². The smallest absolute Gasteiger partial charge is 0.455 e. The van der Waals surface area contributed by atoms with Crippen LogP contribution in [0, 0.1) is 17.8 Å². The Morgan fingerprint density at radius 2 is 1.62 bits per heavy atom. The number of phenolic OH excluding ortho intramolecular Hbond substituents is 1. The van der Waals surface area contributed by atoms with Crippen molar-refractivity contribution in [2.75, 3.05) is 13.7 Å². The van der Waals surface area contributed by atoms with Gasteiger partial charge in [0.15, 0.2) is 0 Å². The van der Waals surface area contributed by atoms with Gasteiger partial charge in [-0.3, -0.25) is 9.59 Å². The van der Waals surface area contributed by atoms with Crippen molar-refractivity contribution in [3.63, 3.8) is 0 Å². The van der Waals surface area contributed by atoms with Crippen LogP contribution >= 0.6 is 0 Å². The van der Waals surface area contributed by atoms with Gasteiger partial charge in [-0.25, -0.2) is 4.79 Å². The summed E-state index contributed by atoms with van der Waals surface area (Å²) in [4.78, 5) is 41.2. The predicted molar refractivity (Wildman–Crippen MR) is 208 cm³/mol. The van der Waals surface area contributed by atoms with Crippen molar-refractivity contribution in [3.05, 3.63) is 107 Å². The number of fused-ring (bicyclic) bond motifs is 3. The first-order chi connectivity index (χ1) is 25.4. The number of methoxy groups -OCH3 is 1. The number of ether oxygens (including phenoxy) is 1. The van der Waals surface area contributed by atoms with Crippen LogP contribution in [0.2, 0.25) is 11.4 Å². The van der Waals surface area contributed by atoms with E-state index in [1.807, 2.05) is 48.5 Å². The number of allylic oxidation sites excluding steroid dienone is 1. The fraction of sp³-hybridized carbons (Fsp3) is 0.405. The number of phenols is 1. The quantitative estimate of drug-likeness (QED) is 0.130. The predicted octanol–water partition coefficient (Wildman–Crippen LogP) is 6.50. The van der Waals surface area contributed by atoms with Gasteiger partial charge in [-0.1, -0.05) is 119 Å². The first kappa shape index (κ1) is 38.4. The van der Waals surface area contributed by atoms with Crippen molar-refractivity contribution in [3.8, 4) is 5.75 Å². The van der Waals surface area contributed by atoms with Gasteiger partial charge in [-0.15, -0.1) is 0 Å². The van der Waals surface area contributed by atoms with Gasteiger partial charge >= 0.3 is 13.2 Å². The first-order valence-corrected chi connectivity index (χ1v) is 20.5. The summed E-state index contributed by atoms with van der Waals surface area (Å²) in [5.41, 5.74) is 3.83. The molecule has 0 spiro atoms. The third-order valence-electron chi connectivity index (χ3n) is 11.1. The SMILES string of the molecule is CCC/C(=C\c1cccc(O)c1)CC[C@H]1OB(O)C[C@H]2C1=C(CO[Si](c1ccccc1)(c1ccccc1)C(C)(C)C)C[C@H]1C(=O)N(C(=O)OC)C(=O)[C@H]12. The van der Waals surface area contributed by atoms with Crippen LogP contribution < -0.4 is 10.4 Å². The fourth-order valence-electron chi connectivity index (χ4n) is 8.88. The highest BCUT2D eigenvalue weighted by Gasteiger charge is 2.59. The van der Waals surface area contributed by atoms with Crippen LogP contribution in [0.25, 0.3) is 6.08 Å². The highest BCUT2D eigenvalue weighted by Crippen LogP contribution is 2.51. The Morgan fingerprint density at radius 1 is 0.962 bits per heavy atom. The number of rotatable bonds is 11. The lowest BCUT2D eigenvalue weighted by molar-refractivity contribution is -0.137. The Kier molecular flexibility index (Phi) is 11.6. The molecule has 278 valence electrons. The van der Waals surface area contributed by atoms with Crippen LogP contribution in [0.4, 0.5) is 4.79 Å². The maximum Gasteiger partial charge on any atom is 0.455 e. The van der Waals surface area contributed by atoms with E-state index in [4.69, 9.17) is 13.8 Å². The second kappa shape index (κ2) is 16.0. The Morgan fingerprint density at radius 3 is 2.21 bits per heavy atom. The molecule has 9 nitrogen and oxygen atoms in total. The molecule has 0 aromatic heterocycles. The van der Waals surface area contributed by atoms with Gasteiger partial charge < -0.3 is 23.9 Å². The van der Waals surface area contributed by atoms with Crippen molar-refractivity contribution in [1.29, 1.82) is 0 Å². The van der Waals surface area contributed by atoms with Crippen molar-refractivity contribution in [2.45, 2.75) is 77.3 Å². The van der Waals surface area contributed by atoms with Gasteiger partial charge in [-0.2, -0.15) is 4.90 Å². The zero-order chi connectivity index (χ0) is 37.9. The Balaban J connectivity index is 1.44. The van der Waals surface area contributed by atoms with E-state index in [-0.39, 0.29) is 30.1 Å². The highest BCUT2D eigenvalue weighted by molar-refractivity contribution is 6.99. The monoisotopic (exact) mass is 735 g/mol. The average Bonchev–Trinajstić information content (AvgIpc) is 3.39. The van der Waals surface area contributed by atoms with Gasteiger partial charge in [0.05, 0.1) is 31.7 Å². The molecule has 53 heavy (non-hydrogen) atoms. The van der Waals surface area contributed by atoms with Crippen LogP contribution in [0.15, 0.2) is 102 Å². The molecular weight excluding hydrogens is 685 g/mol. The average molecular weight is 736 g/mol. The topological polar surface area (TPSA) is 123 Å². The number of hydrogen-bond donors (Lipinski definition) is 2. The van der Waals surface area contributed by atoms with E-state index in [0.717, 1.165) is 47.0 Å². The maximum atomic E-state index is 13.9. The number of carbonyl (C=O) groups excluding carboxylic acids is 3. The molecule has 3 aromatic carbocycles. The van der Waals surface area contributed by atoms with E-state index >= 15 is 0 Å². The first-order valence-electron chi connectivity index (χ1n) is 18.6. The lowest BCUT2D eigenvalue weighted by Crippen LogP contribution is -2.66. The molecule has 2 fully saturated rings. The van der Waals surface area contributed by atoms with Crippen molar-refractivity contribution < 1.29 is 38.3 Å². The molecule has 1 aliphatic carbocycles. The summed E-state index contributed by atoms with van der Waals surface area (Å²) in [6, 6.07) is 27.8.